The fourth-order valence-electron chi connectivity index (χ4n) is 3.57. The first-order valence-corrected chi connectivity index (χ1v) is 10.5. The van der Waals surface area contributed by atoms with E-state index in [1.807, 2.05) is 12.1 Å². The Kier molecular flexibility index (Phi) is 6.59. The molecule has 3 aromatic carbocycles. The van der Waals surface area contributed by atoms with Crippen molar-refractivity contribution >= 4 is 17.6 Å². The number of carbonyl (C=O) groups is 3. The minimum absolute atomic E-state index is 0.0903. The van der Waals surface area contributed by atoms with E-state index in [9.17, 15) is 18.8 Å². The minimum atomic E-state index is -1.16. The lowest BCUT2D eigenvalue weighted by Crippen LogP contribution is -2.47. The van der Waals surface area contributed by atoms with Crippen molar-refractivity contribution in [2.45, 2.75) is 12.5 Å². The molecule has 0 spiro atoms. The average Bonchev–Trinajstić information content (AvgIpc) is 3.30. The second kappa shape index (κ2) is 9.91. The molecule has 4 aromatic rings. The van der Waals surface area contributed by atoms with Crippen LogP contribution < -0.4 is 11.1 Å². The van der Waals surface area contributed by atoms with Crippen molar-refractivity contribution in [2.75, 3.05) is 0 Å². The molecule has 0 radical (unpaired) electrons. The zero-order valence-electron chi connectivity index (χ0n) is 18.0. The van der Waals surface area contributed by atoms with Gasteiger partial charge in [-0.25, -0.2) is 9.07 Å². The van der Waals surface area contributed by atoms with Crippen LogP contribution in [0.4, 0.5) is 4.39 Å². The largest absolute Gasteiger partial charge is 0.363 e. The summed E-state index contributed by atoms with van der Waals surface area (Å²) in [5, 5.41) is 7.13. The van der Waals surface area contributed by atoms with Crippen LogP contribution in [-0.2, 0) is 16.0 Å². The topological polar surface area (TPSA) is 107 Å². The summed E-state index contributed by atoms with van der Waals surface area (Å²) in [5.41, 5.74) is 7.56. The number of rotatable bonds is 8. The van der Waals surface area contributed by atoms with Gasteiger partial charge in [0.15, 0.2) is 0 Å². The highest BCUT2D eigenvalue weighted by Crippen LogP contribution is 2.24. The second-order valence-corrected chi connectivity index (χ2v) is 7.63. The number of amides is 2. The summed E-state index contributed by atoms with van der Waals surface area (Å²) in [4.78, 5) is 37.4. The number of carbonyl (C=O) groups excluding carboxylic acids is 3. The maximum atomic E-state index is 13.8. The van der Waals surface area contributed by atoms with E-state index in [4.69, 9.17) is 5.73 Å². The molecule has 2 amide bonds. The normalized spacial score (nSPS) is 11.6. The van der Waals surface area contributed by atoms with E-state index in [2.05, 4.69) is 10.4 Å². The Labute approximate surface area is 195 Å². The van der Waals surface area contributed by atoms with Crippen molar-refractivity contribution in [3.8, 4) is 16.9 Å². The zero-order chi connectivity index (χ0) is 24.1. The van der Waals surface area contributed by atoms with Gasteiger partial charge in [-0.2, -0.15) is 5.10 Å². The molecule has 8 heteroatoms. The van der Waals surface area contributed by atoms with Gasteiger partial charge in [0.1, 0.15) is 17.6 Å². The summed E-state index contributed by atoms with van der Waals surface area (Å²) in [6.07, 6.45) is 1.55. The molecule has 7 nitrogen and oxygen atoms in total. The van der Waals surface area contributed by atoms with E-state index in [0.29, 0.717) is 16.9 Å². The summed E-state index contributed by atoms with van der Waals surface area (Å²) < 4.78 is 15.2. The first-order chi connectivity index (χ1) is 16.4. The molecule has 0 aliphatic rings. The number of aromatic nitrogens is 2. The van der Waals surface area contributed by atoms with Crippen LogP contribution in [0.25, 0.3) is 16.9 Å². The number of nitrogens with two attached hydrogens (primary N) is 1. The smallest absolute Gasteiger partial charge is 0.287 e. The van der Waals surface area contributed by atoms with Crippen molar-refractivity contribution in [3.63, 3.8) is 0 Å². The summed E-state index contributed by atoms with van der Waals surface area (Å²) in [6, 6.07) is 22.6. The molecule has 1 unspecified atom stereocenters. The molecule has 1 heterocycles. The molecule has 4 rings (SSSR count). The zero-order valence-corrected chi connectivity index (χ0v) is 18.0. The predicted octanol–water partition coefficient (Wildman–Crippen LogP) is 3.07. The van der Waals surface area contributed by atoms with Gasteiger partial charge in [0.05, 0.1) is 11.3 Å². The molecule has 0 aliphatic heterocycles. The number of primary amides is 1. The third-order valence-corrected chi connectivity index (χ3v) is 5.23. The second-order valence-electron chi connectivity index (χ2n) is 7.63. The van der Waals surface area contributed by atoms with Crippen LogP contribution in [0.2, 0.25) is 0 Å². The number of Topliss-reactive ketones (excluding diaryl/α,β-unsaturated/α-hetero) is 1. The monoisotopic (exact) mass is 456 g/mol. The van der Waals surface area contributed by atoms with E-state index in [1.54, 1.807) is 54.6 Å². The van der Waals surface area contributed by atoms with Crippen LogP contribution in [0, 0.1) is 5.82 Å². The number of nitrogens with zero attached hydrogens (tertiary/aromatic N) is 2. The Bertz CT molecular complexity index is 1340. The Morgan fingerprint density at radius 2 is 1.62 bits per heavy atom. The van der Waals surface area contributed by atoms with Crippen LogP contribution in [0.3, 0.4) is 0 Å². The van der Waals surface area contributed by atoms with E-state index < -0.39 is 29.5 Å². The Hall–Kier alpha value is -4.59. The van der Waals surface area contributed by atoms with Gasteiger partial charge in [-0.3, -0.25) is 14.4 Å². The number of hydrogen-bond acceptors (Lipinski definition) is 4. The van der Waals surface area contributed by atoms with E-state index in [-0.39, 0.29) is 12.0 Å². The third kappa shape index (κ3) is 5.07. The molecule has 0 bridgehead atoms. The molecule has 1 atom stereocenters. The molecule has 0 aliphatic carbocycles. The number of hydrogen-bond donors (Lipinski definition) is 2. The Morgan fingerprint density at radius 1 is 0.941 bits per heavy atom. The van der Waals surface area contributed by atoms with Crippen LogP contribution in [0.5, 0.6) is 0 Å². The number of halogens is 1. The molecule has 0 saturated carbocycles. The van der Waals surface area contributed by atoms with Gasteiger partial charge in [0.25, 0.3) is 11.8 Å². The SMILES string of the molecule is NC(=O)C(=O)C(Cc1ccccc1)NC(=O)c1cn(-c2cccc(F)c2)nc1-c1ccccc1. The van der Waals surface area contributed by atoms with Gasteiger partial charge in [-0.15, -0.1) is 0 Å². The molecular weight excluding hydrogens is 435 g/mol. The van der Waals surface area contributed by atoms with Gasteiger partial charge in [-0.05, 0) is 23.8 Å². The fourth-order valence-corrected chi connectivity index (χ4v) is 3.57. The first-order valence-electron chi connectivity index (χ1n) is 10.5. The van der Waals surface area contributed by atoms with Crippen LogP contribution >= 0.6 is 0 Å². The third-order valence-electron chi connectivity index (χ3n) is 5.23. The summed E-state index contributed by atoms with van der Waals surface area (Å²) in [6.45, 7) is 0. The van der Waals surface area contributed by atoms with Gasteiger partial charge in [0, 0.05) is 18.2 Å². The Morgan fingerprint density at radius 3 is 2.26 bits per heavy atom. The first kappa shape index (κ1) is 22.6. The van der Waals surface area contributed by atoms with Gasteiger partial charge < -0.3 is 11.1 Å². The standard InChI is InChI=1S/C26H21FN4O3/c27-19-12-7-13-20(15-19)31-16-21(23(30-31)18-10-5-2-6-11-18)26(34)29-22(24(32)25(28)33)14-17-8-3-1-4-9-17/h1-13,15-16,22H,14H2,(H2,28,33)(H,29,34). The fraction of sp³-hybridized carbons (Fsp3) is 0.0769. The number of ketones is 1. The van der Waals surface area contributed by atoms with Crippen molar-refractivity contribution in [3.05, 3.63) is 108 Å². The quantitative estimate of drug-likeness (QED) is 0.397. The van der Waals surface area contributed by atoms with Crippen molar-refractivity contribution < 1.29 is 18.8 Å². The molecule has 1 aromatic heterocycles. The highest BCUT2D eigenvalue weighted by molar-refractivity contribution is 6.38. The lowest BCUT2D eigenvalue weighted by molar-refractivity contribution is -0.137. The van der Waals surface area contributed by atoms with Crippen molar-refractivity contribution in [1.29, 1.82) is 0 Å². The van der Waals surface area contributed by atoms with Crippen LogP contribution in [0.1, 0.15) is 15.9 Å². The van der Waals surface area contributed by atoms with E-state index in [1.165, 1.54) is 29.1 Å². The van der Waals surface area contributed by atoms with Gasteiger partial charge >= 0.3 is 0 Å². The molecule has 170 valence electrons. The maximum absolute atomic E-state index is 13.8. The maximum Gasteiger partial charge on any atom is 0.287 e. The summed E-state index contributed by atoms with van der Waals surface area (Å²) in [7, 11) is 0. The van der Waals surface area contributed by atoms with Crippen molar-refractivity contribution in [1.82, 2.24) is 15.1 Å². The summed E-state index contributed by atoms with van der Waals surface area (Å²) >= 11 is 0. The lowest BCUT2D eigenvalue weighted by atomic mass is 10.0. The van der Waals surface area contributed by atoms with Crippen molar-refractivity contribution in [2.24, 2.45) is 5.73 Å². The molecule has 0 saturated heterocycles. The highest BCUT2D eigenvalue weighted by atomic mass is 19.1. The molecule has 3 N–H and O–H groups in total. The van der Waals surface area contributed by atoms with E-state index >= 15 is 0 Å². The highest BCUT2D eigenvalue weighted by Gasteiger charge is 2.28. The number of benzene rings is 3. The van der Waals surface area contributed by atoms with Crippen LogP contribution in [0.15, 0.2) is 91.1 Å². The number of nitrogens with one attached hydrogen (secondary N) is 1. The minimum Gasteiger partial charge on any atom is -0.363 e. The predicted molar refractivity (Wildman–Crippen MR) is 125 cm³/mol. The lowest BCUT2D eigenvalue weighted by Gasteiger charge is -2.16. The van der Waals surface area contributed by atoms with Crippen LogP contribution in [-0.4, -0.2) is 33.4 Å². The Balaban J connectivity index is 1.71. The summed E-state index contributed by atoms with van der Waals surface area (Å²) in [5.74, 6) is -3.11. The van der Waals surface area contributed by atoms with E-state index in [0.717, 1.165) is 5.56 Å². The van der Waals surface area contributed by atoms with Gasteiger partial charge in [0.2, 0.25) is 5.78 Å². The van der Waals surface area contributed by atoms with Gasteiger partial charge in [-0.1, -0.05) is 66.7 Å². The molecular formula is C26H21FN4O3. The molecule has 0 fully saturated rings. The molecule has 34 heavy (non-hydrogen) atoms. The average molecular weight is 456 g/mol.